The molecule has 0 aromatic carbocycles. The molecule has 134 valence electrons. The number of nitrogens with zero attached hydrogens (tertiary/aromatic N) is 1. The van der Waals surface area contributed by atoms with Gasteiger partial charge in [0.1, 0.15) is 5.60 Å². The standard InChI is InChI=1S/C15H25NO4.C3H8/c1-6-19-13(17)11(2)10-12-8-7-9-16(12)14(18)20-15(3,4)5;1-3-2/h10,12H,6-9H2,1-5H3;3H2,1-2H3/b11-10+;. The number of carbonyl (C=O) groups is 2. The summed E-state index contributed by atoms with van der Waals surface area (Å²) in [5.41, 5.74) is 0.0247. The van der Waals surface area contributed by atoms with Crippen LogP contribution >= 0.6 is 0 Å². The molecule has 1 amide bonds. The van der Waals surface area contributed by atoms with Crippen molar-refractivity contribution >= 4 is 12.1 Å². The highest BCUT2D eigenvalue weighted by Crippen LogP contribution is 2.22. The van der Waals surface area contributed by atoms with Gasteiger partial charge in [0, 0.05) is 12.1 Å². The summed E-state index contributed by atoms with van der Waals surface area (Å²) in [5.74, 6) is -0.330. The van der Waals surface area contributed by atoms with Gasteiger partial charge in [0.2, 0.25) is 0 Å². The summed E-state index contributed by atoms with van der Waals surface area (Å²) >= 11 is 0. The maximum atomic E-state index is 12.1. The molecule has 1 fully saturated rings. The lowest BCUT2D eigenvalue weighted by Gasteiger charge is -2.27. The molecule has 0 spiro atoms. The van der Waals surface area contributed by atoms with Crippen LogP contribution in [-0.2, 0) is 14.3 Å². The van der Waals surface area contributed by atoms with Crippen molar-refractivity contribution in [3.63, 3.8) is 0 Å². The zero-order chi connectivity index (χ0) is 18.0. The van der Waals surface area contributed by atoms with Gasteiger partial charge in [-0.05, 0) is 47.5 Å². The van der Waals surface area contributed by atoms with Crippen molar-refractivity contribution in [1.82, 2.24) is 4.90 Å². The minimum Gasteiger partial charge on any atom is -0.463 e. The van der Waals surface area contributed by atoms with Crippen LogP contribution in [-0.4, -0.2) is 41.8 Å². The van der Waals surface area contributed by atoms with Crippen LogP contribution in [0, 0.1) is 0 Å². The third-order valence-corrected chi connectivity index (χ3v) is 2.97. The molecule has 5 nitrogen and oxygen atoms in total. The summed E-state index contributed by atoms with van der Waals surface area (Å²) < 4.78 is 10.3. The topological polar surface area (TPSA) is 55.8 Å². The molecule has 1 aliphatic heterocycles. The maximum absolute atomic E-state index is 12.1. The highest BCUT2D eigenvalue weighted by Gasteiger charge is 2.31. The van der Waals surface area contributed by atoms with Gasteiger partial charge >= 0.3 is 12.1 Å². The van der Waals surface area contributed by atoms with E-state index in [4.69, 9.17) is 9.47 Å². The molecular weight excluding hydrogens is 294 g/mol. The molecule has 1 saturated heterocycles. The normalized spacial score (nSPS) is 18.1. The van der Waals surface area contributed by atoms with E-state index in [9.17, 15) is 9.59 Å². The Morgan fingerprint density at radius 2 is 1.78 bits per heavy atom. The van der Waals surface area contributed by atoms with Crippen molar-refractivity contribution < 1.29 is 19.1 Å². The summed E-state index contributed by atoms with van der Waals surface area (Å²) in [6.45, 7) is 14.3. The third kappa shape index (κ3) is 8.62. The van der Waals surface area contributed by atoms with Crippen molar-refractivity contribution in [3.8, 4) is 0 Å². The van der Waals surface area contributed by atoms with E-state index in [1.165, 1.54) is 6.42 Å². The van der Waals surface area contributed by atoms with E-state index >= 15 is 0 Å². The highest BCUT2D eigenvalue weighted by atomic mass is 16.6. The Hall–Kier alpha value is -1.52. The van der Waals surface area contributed by atoms with Crippen LogP contribution in [0.5, 0.6) is 0 Å². The highest BCUT2D eigenvalue weighted by molar-refractivity contribution is 5.88. The molecule has 1 unspecified atom stereocenters. The van der Waals surface area contributed by atoms with Crippen molar-refractivity contribution in [2.45, 2.75) is 79.4 Å². The quantitative estimate of drug-likeness (QED) is 0.572. The molecule has 1 atom stereocenters. The second kappa shape index (κ2) is 10.3. The van der Waals surface area contributed by atoms with Gasteiger partial charge < -0.3 is 14.4 Å². The lowest BCUT2D eigenvalue weighted by molar-refractivity contribution is -0.138. The van der Waals surface area contributed by atoms with Crippen molar-refractivity contribution in [2.75, 3.05) is 13.2 Å². The Balaban J connectivity index is 0.00000149. The Kier molecular flexibility index (Phi) is 9.61. The summed E-state index contributed by atoms with van der Waals surface area (Å²) in [6, 6.07) is -0.0887. The first kappa shape index (κ1) is 21.5. The predicted octanol–water partition coefficient (Wildman–Crippen LogP) is 4.31. The molecule has 1 heterocycles. The van der Waals surface area contributed by atoms with Crippen LogP contribution in [0.15, 0.2) is 11.6 Å². The zero-order valence-electron chi connectivity index (χ0n) is 15.8. The monoisotopic (exact) mass is 327 g/mol. The first-order chi connectivity index (χ1) is 10.7. The van der Waals surface area contributed by atoms with E-state index in [1.807, 2.05) is 20.8 Å². The van der Waals surface area contributed by atoms with E-state index < -0.39 is 5.60 Å². The number of carbonyl (C=O) groups excluding carboxylic acids is 2. The average Bonchev–Trinajstić information content (AvgIpc) is 2.86. The van der Waals surface area contributed by atoms with Crippen molar-refractivity contribution in [2.24, 2.45) is 0 Å². The number of amides is 1. The Labute approximate surface area is 141 Å². The molecule has 0 bridgehead atoms. The fraction of sp³-hybridized carbons (Fsp3) is 0.778. The summed E-state index contributed by atoms with van der Waals surface area (Å²) in [7, 11) is 0. The number of hydrogen-bond donors (Lipinski definition) is 0. The third-order valence-electron chi connectivity index (χ3n) is 2.97. The summed E-state index contributed by atoms with van der Waals surface area (Å²) in [5, 5.41) is 0. The number of esters is 1. The molecule has 0 saturated carbocycles. The molecule has 23 heavy (non-hydrogen) atoms. The molecular formula is C18H33NO4. The molecule has 1 rings (SSSR count). The van der Waals surface area contributed by atoms with Gasteiger partial charge in [0.25, 0.3) is 0 Å². The van der Waals surface area contributed by atoms with Gasteiger partial charge in [0.15, 0.2) is 0 Å². The van der Waals surface area contributed by atoms with Gasteiger partial charge in [-0.2, -0.15) is 0 Å². The van der Waals surface area contributed by atoms with Crippen LogP contribution in [0.25, 0.3) is 0 Å². The number of rotatable bonds is 3. The molecule has 0 N–H and O–H groups in total. The van der Waals surface area contributed by atoms with Crippen LogP contribution in [0.2, 0.25) is 0 Å². The van der Waals surface area contributed by atoms with Crippen molar-refractivity contribution in [1.29, 1.82) is 0 Å². The van der Waals surface area contributed by atoms with Gasteiger partial charge in [-0.3, -0.25) is 0 Å². The lowest BCUT2D eigenvalue weighted by atomic mass is 10.1. The van der Waals surface area contributed by atoms with E-state index in [0.717, 1.165) is 12.8 Å². The van der Waals surface area contributed by atoms with E-state index in [0.29, 0.717) is 18.7 Å². The van der Waals surface area contributed by atoms with Gasteiger partial charge in [-0.25, -0.2) is 9.59 Å². The molecule has 0 aromatic heterocycles. The van der Waals surface area contributed by atoms with Crippen LogP contribution < -0.4 is 0 Å². The number of likely N-dealkylation sites (tertiary alicyclic amines) is 1. The Morgan fingerprint density at radius 1 is 1.22 bits per heavy atom. The largest absolute Gasteiger partial charge is 0.463 e. The molecule has 1 aliphatic rings. The minimum absolute atomic E-state index is 0.0887. The smallest absolute Gasteiger partial charge is 0.410 e. The van der Waals surface area contributed by atoms with Crippen LogP contribution in [0.1, 0.15) is 67.7 Å². The molecule has 0 aliphatic carbocycles. The second-order valence-corrected chi connectivity index (χ2v) is 6.66. The molecule has 0 aromatic rings. The maximum Gasteiger partial charge on any atom is 0.410 e. The van der Waals surface area contributed by atoms with E-state index in [-0.39, 0.29) is 18.1 Å². The Bertz CT molecular complexity index is 410. The summed E-state index contributed by atoms with van der Waals surface area (Å²) in [6.07, 6.45) is 4.48. The van der Waals surface area contributed by atoms with Gasteiger partial charge in [0.05, 0.1) is 12.6 Å². The summed E-state index contributed by atoms with van der Waals surface area (Å²) in [4.78, 5) is 25.4. The fourth-order valence-corrected chi connectivity index (χ4v) is 2.11. The first-order valence-corrected chi connectivity index (χ1v) is 8.51. The van der Waals surface area contributed by atoms with Gasteiger partial charge in [-0.1, -0.05) is 26.3 Å². The van der Waals surface area contributed by atoms with Crippen LogP contribution in [0.4, 0.5) is 4.79 Å². The first-order valence-electron chi connectivity index (χ1n) is 8.51. The number of hydrogen-bond acceptors (Lipinski definition) is 4. The predicted molar refractivity (Wildman–Crippen MR) is 92.3 cm³/mol. The number of ether oxygens (including phenoxy) is 2. The lowest BCUT2D eigenvalue weighted by Crippen LogP contribution is -2.39. The zero-order valence-corrected chi connectivity index (χ0v) is 15.8. The van der Waals surface area contributed by atoms with Gasteiger partial charge in [-0.15, -0.1) is 0 Å². The molecule has 5 heteroatoms. The SMILES string of the molecule is CCC.CCOC(=O)/C(C)=C/C1CCCN1C(=O)OC(C)(C)C. The van der Waals surface area contributed by atoms with E-state index in [1.54, 1.807) is 24.8 Å². The second-order valence-electron chi connectivity index (χ2n) is 6.66. The van der Waals surface area contributed by atoms with Crippen molar-refractivity contribution in [3.05, 3.63) is 11.6 Å². The average molecular weight is 327 g/mol. The molecule has 0 radical (unpaired) electrons. The fourth-order valence-electron chi connectivity index (χ4n) is 2.11. The minimum atomic E-state index is -0.510. The van der Waals surface area contributed by atoms with E-state index in [2.05, 4.69) is 13.8 Å². The van der Waals surface area contributed by atoms with Crippen LogP contribution in [0.3, 0.4) is 0 Å². The Morgan fingerprint density at radius 3 is 2.26 bits per heavy atom.